The molecule has 288 valence electrons. The van der Waals surface area contributed by atoms with E-state index in [9.17, 15) is 31.3 Å². The molecule has 0 saturated heterocycles. The van der Waals surface area contributed by atoms with Crippen LogP contribution in [0.3, 0.4) is 0 Å². The number of hydrogen-bond donors (Lipinski definition) is 2. The second kappa shape index (κ2) is 39.2. The van der Waals surface area contributed by atoms with Crippen LogP contribution in [0.4, 0.5) is 0 Å². The molecule has 0 aliphatic heterocycles. The monoisotopic (exact) mass is 764 g/mol. The second-order valence-corrected chi connectivity index (χ2v) is 16.3. The van der Waals surface area contributed by atoms with Gasteiger partial charge < -0.3 is 20.0 Å². The first kappa shape index (κ1) is 53.4. The molecular formula is C36H72CaN2O8S2. The molecule has 0 aromatic carbocycles. The molecule has 0 aliphatic carbocycles. The maximum atomic E-state index is 11.5. The molecule has 0 aliphatic rings. The molecule has 0 heterocycles. The van der Waals surface area contributed by atoms with Crippen molar-refractivity contribution >= 4 is 69.8 Å². The quantitative estimate of drug-likeness (QED) is 0.0219. The average molecular weight is 765 g/mol. The van der Waals surface area contributed by atoms with E-state index in [4.69, 9.17) is 4.55 Å². The minimum Gasteiger partial charge on any atom is -0.862 e. The van der Waals surface area contributed by atoms with Crippen LogP contribution in [0, 0.1) is 0 Å². The van der Waals surface area contributed by atoms with Gasteiger partial charge in [0.1, 0.15) is 0 Å². The summed E-state index contributed by atoms with van der Waals surface area (Å²) in [5.41, 5.74) is 0. The number of hydrogen-bond acceptors (Lipinski definition) is 8. The third-order valence-electron chi connectivity index (χ3n) is 8.24. The van der Waals surface area contributed by atoms with E-state index in [1.54, 1.807) is 0 Å². The predicted molar refractivity (Wildman–Crippen MR) is 203 cm³/mol. The van der Waals surface area contributed by atoms with Gasteiger partial charge in [-0.15, -0.1) is 0 Å². The molecule has 1 amide bonds. The van der Waals surface area contributed by atoms with Gasteiger partial charge in [0.25, 0.3) is 10.1 Å². The Morgan fingerprint density at radius 1 is 0.571 bits per heavy atom. The Morgan fingerprint density at radius 3 is 1.31 bits per heavy atom. The molecule has 0 aromatic heterocycles. The zero-order valence-electron chi connectivity index (χ0n) is 31.4. The zero-order valence-corrected chi connectivity index (χ0v) is 35.2. The average Bonchev–Trinajstić information content (AvgIpc) is 3.02. The normalized spacial score (nSPS) is 11.9. The molecule has 10 nitrogen and oxygen atoms in total. The number of rotatable bonds is 34. The molecule has 0 rings (SSSR count). The standard InChI is InChI=1S/2C18H37NO4S.Ca/c2*1-2-3-4-5-6-7-8-9-10-11-12-13-15-18(20)19-16-14-17-24(21,22)23;/h2*2-17H2,1H3,(H,19,20)(H,21,22,23);/q;;+2/p-2. The molecule has 0 unspecified atom stereocenters. The maximum Gasteiger partial charge on any atom is 2.00 e. The smallest absolute Gasteiger partial charge is 0.862 e. The Morgan fingerprint density at radius 2 is 0.939 bits per heavy atom. The van der Waals surface area contributed by atoms with Crippen molar-refractivity contribution in [1.82, 2.24) is 5.32 Å². The van der Waals surface area contributed by atoms with Gasteiger partial charge in [0.05, 0.1) is 15.9 Å². The van der Waals surface area contributed by atoms with Gasteiger partial charge in [-0.3, -0.25) is 9.35 Å². The van der Waals surface area contributed by atoms with Crippen molar-refractivity contribution < 1.29 is 35.8 Å². The minimum absolute atomic E-state index is 0. The van der Waals surface area contributed by atoms with E-state index in [1.807, 2.05) is 0 Å². The van der Waals surface area contributed by atoms with Crippen LogP contribution in [0.2, 0.25) is 0 Å². The Kier molecular flexibility index (Phi) is 42.7. The van der Waals surface area contributed by atoms with Crippen molar-refractivity contribution in [2.24, 2.45) is 4.99 Å². The van der Waals surface area contributed by atoms with E-state index in [2.05, 4.69) is 24.2 Å². The van der Waals surface area contributed by atoms with Crippen molar-refractivity contribution in [2.45, 2.75) is 194 Å². The molecule has 13 heteroatoms. The minimum atomic E-state index is -4.18. The van der Waals surface area contributed by atoms with Crippen LogP contribution < -0.4 is 10.4 Å². The SMILES string of the molecule is CCCCCCCCCCCCCCC(=O)NCCCS(=O)(=O)O.CCCCCCCCCCCCCCC([O-])=NCCCS(=O)(=O)[O-].[Ca+2]. The van der Waals surface area contributed by atoms with Crippen molar-refractivity contribution in [3.63, 3.8) is 0 Å². The number of nitrogens with zero attached hydrogens (tertiary/aromatic N) is 1. The summed E-state index contributed by atoms with van der Waals surface area (Å²) in [5, 5.41) is 14.1. The Balaban J connectivity index is -0.000000846. The number of unbranched alkanes of at least 4 members (excludes halogenated alkanes) is 22. The summed E-state index contributed by atoms with van der Waals surface area (Å²) in [6.45, 7) is 4.92. The largest absolute Gasteiger partial charge is 2.00 e. The number of carbonyl (C=O) groups excluding carboxylic acids is 1. The van der Waals surface area contributed by atoms with Gasteiger partial charge in [0.15, 0.2) is 0 Å². The maximum absolute atomic E-state index is 11.5. The van der Waals surface area contributed by atoms with E-state index >= 15 is 0 Å². The van der Waals surface area contributed by atoms with E-state index in [1.165, 1.54) is 122 Å². The third-order valence-corrected chi connectivity index (χ3v) is 9.84. The zero-order chi connectivity index (χ0) is 36.2. The Bertz CT molecular complexity index is 964. The van der Waals surface area contributed by atoms with E-state index < -0.39 is 26.0 Å². The van der Waals surface area contributed by atoms with Crippen LogP contribution in [-0.4, -0.2) is 100 Å². The molecular weight excluding hydrogens is 693 g/mol. The van der Waals surface area contributed by atoms with Crippen LogP contribution in [-0.2, 0) is 25.0 Å². The Labute approximate surface area is 331 Å². The Hall–Kier alpha value is 0.0197. The fourth-order valence-electron chi connectivity index (χ4n) is 5.34. The summed E-state index contributed by atoms with van der Waals surface area (Å²) in [5.74, 6) is -0.948. The summed E-state index contributed by atoms with van der Waals surface area (Å²) < 4.78 is 60.8. The number of carbonyl (C=O) groups is 1. The molecule has 2 N–H and O–H groups in total. The summed E-state index contributed by atoms with van der Waals surface area (Å²) >= 11 is 0. The molecule has 0 aromatic rings. The fourth-order valence-corrected chi connectivity index (χ4v) is 6.33. The molecule has 0 fully saturated rings. The van der Waals surface area contributed by atoms with Gasteiger partial charge >= 0.3 is 37.7 Å². The van der Waals surface area contributed by atoms with Crippen LogP contribution in [0.1, 0.15) is 194 Å². The molecule has 0 radical (unpaired) electrons. The summed E-state index contributed by atoms with van der Waals surface area (Å²) in [6.07, 6.45) is 31.6. The van der Waals surface area contributed by atoms with Gasteiger partial charge in [-0.1, -0.05) is 155 Å². The molecule has 0 saturated carbocycles. The fraction of sp³-hybridized carbons (Fsp3) is 0.944. The summed E-state index contributed by atoms with van der Waals surface area (Å²) in [4.78, 5) is 15.3. The van der Waals surface area contributed by atoms with Crippen molar-refractivity contribution in [3.8, 4) is 0 Å². The first-order chi connectivity index (χ1) is 22.9. The summed E-state index contributed by atoms with van der Waals surface area (Å²) in [7, 11) is -8.10. The molecule has 0 atom stereocenters. The van der Waals surface area contributed by atoms with Gasteiger partial charge in [0.2, 0.25) is 5.91 Å². The topological polar surface area (TPSA) is 176 Å². The first-order valence-electron chi connectivity index (χ1n) is 19.3. The van der Waals surface area contributed by atoms with Crippen LogP contribution in [0.15, 0.2) is 4.99 Å². The van der Waals surface area contributed by atoms with E-state index in [0.717, 1.165) is 32.1 Å². The first-order valence-corrected chi connectivity index (χ1v) is 22.5. The van der Waals surface area contributed by atoms with Gasteiger partial charge in [0, 0.05) is 25.3 Å². The van der Waals surface area contributed by atoms with Crippen molar-refractivity contribution in [3.05, 3.63) is 0 Å². The van der Waals surface area contributed by atoms with Crippen molar-refractivity contribution in [1.29, 1.82) is 0 Å². The predicted octanol–water partition coefficient (Wildman–Crippen LogP) is 7.86. The van der Waals surface area contributed by atoms with Crippen LogP contribution >= 0.6 is 0 Å². The van der Waals surface area contributed by atoms with E-state index in [0.29, 0.717) is 19.4 Å². The number of aliphatic imine (C=N–C) groups is 1. The molecule has 0 bridgehead atoms. The van der Waals surface area contributed by atoms with Crippen molar-refractivity contribution in [2.75, 3.05) is 24.6 Å². The van der Waals surface area contributed by atoms with Crippen LogP contribution in [0.5, 0.6) is 0 Å². The van der Waals surface area contributed by atoms with Gasteiger partial charge in [-0.25, -0.2) is 8.42 Å². The van der Waals surface area contributed by atoms with Crippen LogP contribution in [0.25, 0.3) is 0 Å². The molecule has 49 heavy (non-hydrogen) atoms. The molecule has 0 spiro atoms. The summed E-state index contributed by atoms with van der Waals surface area (Å²) in [6, 6.07) is 0. The van der Waals surface area contributed by atoms with Gasteiger partial charge in [-0.2, -0.15) is 8.42 Å². The van der Waals surface area contributed by atoms with Gasteiger partial charge in [-0.05, 0) is 38.0 Å². The second-order valence-electron chi connectivity index (χ2n) is 13.2. The third kappa shape index (κ3) is 52.5. The number of nitrogens with one attached hydrogen (secondary N) is 1. The van der Waals surface area contributed by atoms with E-state index in [-0.39, 0.29) is 74.7 Å². The number of amides is 1.